The second-order valence-corrected chi connectivity index (χ2v) is 8.92. The summed E-state index contributed by atoms with van der Waals surface area (Å²) in [5.41, 5.74) is 3.46. The van der Waals surface area contributed by atoms with Crippen LogP contribution in [0.4, 0.5) is 5.00 Å². The molecule has 1 aliphatic rings. The van der Waals surface area contributed by atoms with E-state index in [9.17, 15) is 9.59 Å². The van der Waals surface area contributed by atoms with Crippen molar-refractivity contribution in [2.75, 3.05) is 18.5 Å². The van der Waals surface area contributed by atoms with Crippen LogP contribution in [-0.2, 0) is 19.3 Å². The van der Waals surface area contributed by atoms with E-state index in [1.165, 1.54) is 21.8 Å². The van der Waals surface area contributed by atoms with Gasteiger partial charge < -0.3 is 15.4 Å². The molecule has 4 rings (SSSR count). The summed E-state index contributed by atoms with van der Waals surface area (Å²) in [6.07, 6.45) is 4.80. The Morgan fingerprint density at radius 1 is 0.969 bits per heavy atom. The van der Waals surface area contributed by atoms with Crippen molar-refractivity contribution in [3.05, 3.63) is 81.7 Å². The zero-order valence-corrected chi connectivity index (χ0v) is 19.1. The molecule has 0 atom stereocenters. The lowest BCUT2D eigenvalue weighted by Crippen LogP contribution is -2.27. The molecule has 1 aromatic heterocycles. The number of fused-ring (bicyclic) bond motifs is 1. The van der Waals surface area contributed by atoms with Crippen molar-refractivity contribution in [2.45, 2.75) is 39.0 Å². The lowest BCUT2D eigenvalue weighted by atomic mass is 9.95. The number of carbonyl (C=O) groups is 2. The van der Waals surface area contributed by atoms with Crippen LogP contribution in [0.2, 0.25) is 0 Å². The fraction of sp³-hybridized carbons (Fsp3) is 0.308. The number of anilines is 1. The van der Waals surface area contributed by atoms with Crippen LogP contribution >= 0.6 is 11.3 Å². The van der Waals surface area contributed by atoms with Gasteiger partial charge in [0.1, 0.15) is 10.8 Å². The summed E-state index contributed by atoms with van der Waals surface area (Å²) in [4.78, 5) is 27.3. The summed E-state index contributed by atoms with van der Waals surface area (Å²) in [6, 6.07) is 17.2. The van der Waals surface area contributed by atoms with Gasteiger partial charge in [-0.3, -0.25) is 9.59 Å². The Hall–Kier alpha value is -3.12. The van der Waals surface area contributed by atoms with Crippen LogP contribution < -0.4 is 15.4 Å². The van der Waals surface area contributed by atoms with E-state index in [0.29, 0.717) is 29.3 Å². The molecule has 2 aromatic carbocycles. The van der Waals surface area contributed by atoms with Crippen molar-refractivity contribution in [1.82, 2.24) is 5.32 Å². The van der Waals surface area contributed by atoms with Crippen LogP contribution in [-0.4, -0.2) is 25.0 Å². The summed E-state index contributed by atoms with van der Waals surface area (Å²) < 4.78 is 5.45. The standard InChI is InChI=1S/C26H28N2O3S/c1-2-31-20-14-12-19(13-15-20)24(29)28-26-23(21-10-6-7-11-22(21)32-26)25(30)27-17-16-18-8-4-3-5-9-18/h3-5,8-9,12-15H,2,6-7,10-11,16-17H2,1H3,(H,27,30)(H,28,29). The number of nitrogens with one attached hydrogen (secondary N) is 2. The lowest BCUT2D eigenvalue weighted by Gasteiger charge is -2.13. The minimum atomic E-state index is -0.218. The number of ether oxygens (including phenoxy) is 1. The van der Waals surface area contributed by atoms with Gasteiger partial charge in [-0.25, -0.2) is 0 Å². The maximum Gasteiger partial charge on any atom is 0.256 e. The molecule has 0 aliphatic heterocycles. The Bertz CT molecular complexity index is 1070. The molecule has 0 radical (unpaired) electrons. The fourth-order valence-electron chi connectivity index (χ4n) is 3.99. The average molecular weight is 449 g/mol. The van der Waals surface area contributed by atoms with Crippen LogP contribution in [0.1, 0.15) is 56.5 Å². The number of benzene rings is 2. The SMILES string of the molecule is CCOc1ccc(C(=O)Nc2sc3c(c2C(=O)NCCc2ccccc2)CCCC3)cc1. The van der Waals surface area contributed by atoms with Gasteiger partial charge in [-0.2, -0.15) is 0 Å². The molecule has 5 nitrogen and oxygen atoms in total. The molecule has 1 aliphatic carbocycles. The van der Waals surface area contributed by atoms with E-state index < -0.39 is 0 Å². The third-order valence-electron chi connectivity index (χ3n) is 5.59. The van der Waals surface area contributed by atoms with E-state index in [4.69, 9.17) is 4.74 Å². The summed E-state index contributed by atoms with van der Waals surface area (Å²) >= 11 is 1.54. The van der Waals surface area contributed by atoms with E-state index in [-0.39, 0.29) is 11.8 Å². The zero-order chi connectivity index (χ0) is 22.3. The number of aryl methyl sites for hydroxylation is 1. The van der Waals surface area contributed by atoms with Crippen molar-refractivity contribution >= 4 is 28.2 Å². The molecule has 0 saturated heterocycles. The van der Waals surface area contributed by atoms with Crippen molar-refractivity contribution in [3.63, 3.8) is 0 Å². The van der Waals surface area contributed by atoms with Gasteiger partial charge in [0.2, 0.25) is 0 Å². The molecule has 0 bridgehead atoms. The predicted molar refractivity (Wildman–Crippen MR) is 129 cm³/mol. The number of thiophene rings is 1. The van der Waals surface area contributed by atoms with Crippen molar-refractivity contribution in [1.29, 1.82) is 0 Å². The Balaban J connectivity index is 1.49. The third kappa shape index (κ3) is 5.19. The molecule has 0 fully saturated rings. The molecule has 3 aromatic rings. The van der Waals surface area contributed by atoms with Gasteiger partial charge in [-0.15, -0.1) is 11.3 Å². The average Bonchev–Trinajstić information content (AvgIpc) is 3.18. The number of carbonyl (C=O) groups excluding carboxylic acids is 2. The molecule has 6 heteroatoms. The first kappa shape index (κ1) is 22.1. The maximum absolute atomic E-state index is 13.2. The number of hydrogen-bond acceptors (Lipinski definition) is 4. The zero-order valence-electron chi connectivity index (χ0n) is 18.3. The van der Waals surface area contributed by atoms with Gasteiger partial charge in [-0.1, -0.05) is 30.3 Å². The Labute approximate surface area is 192 Å². The Kier molecular flexibility index (Phi) is 7.22. The molecule has 32 heavy (non-hydrogen) atoms. The Morgan fingerprint density at radius 3 is 2.47 bits per heavy atom. The second-order valence-electron chi connectivity index (χ2n) is 7.82. The predicted octanol–water partition coefficient (Wildman–Crippen LogP) is 5.25. The van der Waals surface area contributed by atoms with Gasteiger partial charge >= 0.3 is 0 Å². The fourth-order valence-corrected chi connectivity index (χ4v) is 5.27. The Morgan fingerprint density at radius 2 is 1.72 bits per heavy atom. The van der Waals surface area contributed by atoms with Crippen LogP contribution in [0.3, 0.4) is 0 Å². The molecular formula is C26H28N2O3S. The van der Waals surface area contributed by atoms with Gasteiger partial charge in [0.15, 0.2) is 0 Å². The van der Waals surface area contributed by atoms with Gasteiger partial charge in [0, 0.05) is 17.0 Å². The summed E-state index contributed by atoms with van der Waals surface area (Å²) in [5.74, 6) is 0.404. The molecular weight excluding hydrogens is 420 g/mol. The molecule has 2 amide bonds. The molecule has 0 saturated carbocycles. The second kappa shape index (κ2) is 10.5. The quantitative estimate of drug-likeness (QED) is 0.495. The number of rotatable bonds is 8. The van der Waals surface area contributed by atoms with Crippen LogP contribution in [0, 0.1) is 0 Å². The smallest absolute Gasteiger partial charge is 0.256 e. The van der Waals surface area contributed by atoms with E-state index >= 15 is 0 Å². The highest BCUT2D eigenvalue weighted by Gasteiger charge is 2.26. The minimum Gasteiger partial charge on any atom is -0.494 e. The first-order valence-electron chi connectivity index (χ1n) is 11.2. The molecule has 1 heterocycles. The number of hydrogen-bond donors (Lipinski definition) is 2. The highest BCUT2D eigenvalue weighted by Crippen LogP contribution is 2.38. The van der Waals surface area contributed by atoms with Gasteiger partial charge in [0.05, 0.1) is 12.2 Å². The highest BCUT2D eigenvalue weighted by molar-refractivity contribution is 7.17. The summed E-state index contributed by atoms with van der Waals surface area (Å²) in [6.45, 7) is 3.06. The van der Waals surface area contributed by atoms with Crippen LogP contribution in [0.15, 0.2) is 54.6 Å². The van der Waals surface area contributed by atoms with E-state index in [2.05, 4.69) is 22.8 Å². The summed E-state index contributed by atoms with van der Waals surface area (Å²) in [7, 11) is 0. The molecule has 166 valence electrons. The van der Waals surface area contributed by atoms with Crippen molar-refractivity contribution < 1.29 is 14.3 Å². The van der Waals surface area contributed by atoms with Gasteiger partial charge in [-0.05, 0) is 74.4 Å². The minimum absolute atomic E-state index is 0.109. The molecule has 0 spiro atoms. The van der Waals surface area contributed by atoms with E-state index in [0.717, 1.165) is 43.4 Å². The lowest BCUT2D eigenvalue weighted by molar-refractivity contribution is 0.0954. The maximum atomic E-state index is 13.2. The highest BCUT2D eigenvalue weighted by atomic mass is 32.1. The normalized spacial score (nSPS) is 12.7. The third-order valence-corrected chi connectivity index (χ3v) is 6.80. The molecule has 2 N–H and O–H groups in total. The summed E-state index contributed by atoms with van der Waals surface area (Å²) in [5, 5.41) is 6.71. The van der Waals surface area contributed by atoms with Crippen molar-refractivity contribution in [2.24, 2.45) is 0 Å². The molecule has 0 unspecified atom stereocenters. The largest absolute Gasteiger partial charge is 0.494 e. The number of amides is 2. The first-order valence-corrected chi connectivity index (χ1v) is 12.0. The van der Waals surface area contributed by atoms with Gasteiger partial charge in [0.25, 0.3) is 11.8 Å². The van der Waals surface area contributed by atoms with Crippen molar-refractivity contribution in [3.8, 4) is 5.75 Å². The van der Waals surface area contributed by atoms with E-state index in [1.54, 1.807) is 24.3 Å². The first-order chi connectivity index (χ1) is 15.7. The monoisotopic (exact) mass is 448 g/mol. The topological polar surface area (TPSA) is 67.4 Å². The van der Waals surface area contributed by atoms with E-state index in [1.807, 2.05) is 25.1 Å². The van der Waals surface area contributed by atoms with Crippen LogP contribution in [0.5, 0.6) is 5.75 Å². The van der Waals surface area contributed by atoms with Crippen LogP contribution in [0.25, 0.3) is 0 Å².